The van der Waals surface area contributed by atoms with Gasteiger partial charge in [0.05, 0.1) is 19.2 Å². The summed E-state index contributed by atoms with van der Waals surface area (Å²) in [5.41, 5.74) is 1.98. The quantitative estimate of drug-likeness (QED) is 0.944. The maximum absolute atomic E-state index is 12.6. The molecule has 0 aliphatic carbocycles. The van der Waals surface area contributed by atoms with Gasteiger partial charge in [-0.25, -0.2) is 0 Å². The van der Waals surface area contributed by atoms with Gasteiger partial charge in [-0.2, -0.15) is 0 Å². The van der Waals surface area contributed by atoms with Gasteiger partial charge in [-0.3, -0.25) is 4.79 Å². The predicted octanol–water partition coefficient (Wildman–Crippen LogP) is 2.71. The maximum Gasteiger partial charge on any atom is 0.252 e. The number of amides is 1. The second-order valence-corrected chi connectivity index (χ2v) is 5.78. The zero-order valence-corrected chi connectivity index (χ0v) is 13.1. The zero-order valence-electron chi connectivity index (χ0n) is 13.1. The number of aliphatic hydroxyl groups is 1. The largest absolute Gasteiger partial charge is 0.394 e. The van der Waals surface area contributed by atoms with Crippen molar-refractivity contribution < 1.29 is 14.6 Å². The Morgan fingerprint density at radius 3 is 2.35 bits per heavy atom. The Hall–Kier alpha value is -2.17. The Morgan fingerprint density at radius 2 is 1.74 bits per heavy atom. The number of nitrogens with zero attached hydrogens (tertiary/aromatic N) is 1. The highest BCUT2D eigenvalue weighted by Gasteiger charge is 2.37. The van der Waals surface area contributed by atoms with E-state index in [2.05, 4.69) is 0 Å². The molecule has 3 rings (SSSR count). The van der Waals surface area contributed by atoms with Gasteiger partial charge in [0.1, 0.15) is 12.2 Å². The van der Waals surface area contributed by atoms with Crippen molar-refractivity contribution in [3.63, 3.8) is 0 Å². The molecule has 1 fully saturated rings. The molecule has 4 nitrogen and oxygen atoms in total. The topological polar surface area (TPSA) is 49.8 Å². The minimum absolute atomic E-state index is 0.0833. The SMILES string of the molecule is C[C@H]1O[C@@H](c2ccccc2)CN([C@@H](CO)c2ccccc2)C1=O. The third kappa shape index (κ3) is 3.28. The lowest BCUT2D eigenvalue weighted by Crippen LogP contribution is -2.50. The van der Waals surface area contributed by atoms with Crippen LogP contribution in [0.25, 0.3) is 0 Å². The van der Waals surface area contributed by atoms with Crippen LogP contribution in [0.1, 0.15) is 30.2 Å². The molecule has 0 spiro atoms. The van der Waals surface area contributed by atoms with E-state index in [1.807, 2.05) is 60.7 Å². The molecule has 0 saturated carbocycles. The number of hydrogen-bond acceptors (Lipinski definition) is 3. The number of benzene rings is 2. The third-order valence-electron chi connectivity index (χ3n) is 4.27. The first-order valence-electron chi connectivity index (χ1n) is 7.87. The van der Waals surface area contributed by atoms with Crippen molar-refractivity contribution in [1.82, 2.24) is 4.90 Å². The van der Waals surface area contributed by atoms with E-state index < -0.39 is 6.10 Å². The summed E-state index contributed by atoms with van der Waals surface area (Å²) in [5, 5.41) is 9.86. The van der Waals surface area contributed by atoms with E-state index in [1.54, 1.807) is 11.8 Å². The van der Waals surface area contributed by atoms with Gasteiger partial charge in [0.15, 0.2) is 0 Å². The molecule has 1 aliphatic rings. The lowest BCUT2D eigenvalue weighted by Gasteiger charge is -2.40. The summed E-state index contributed by atoms with van der Waals surface area (Å²) in [5.74, 6) is -0.0833. The first kappa shape index (κ1) is 15.7. The molecule has 0 aromatic heterocycles. The Kier molecular flexibility index (Phi) is 4.74. The van der Waals surface area contributed by atoms with Gasteiger partial charge >= 0.3 is 0 Å². The summed E-state index contributed by atoms with van der Waals surface area (Å²) in [6, 6.07) is 19.2. The van der Waals surface area contributed by atoms with Crippen LogP contribution >= 0.6 is 0 Å². The standard InChI is InChI=1S/C19H21NO3/c1-14-19(22)20(17(13-21)15-8-4-2-5-9-15)12-18(23-14)16-10-6-3-7-11-16/h2-11,14,17-18,21H,12-13H2,1H3/t14-,17+,18-/m1/s1. The fourth-order valence-electron chi connectivity index (χ4n) is 3.04. The van der Waals surface area contributed by atoms with Crippen molar-refractivity contribution in [3.05, 3.63) is 71.8 Å². The first-order chi connectivity index (χ1) is 11.2. The molecule has 3 atom stereocenters. The second kappa shape index (κ2) is 6.94. The van der Waals surface area contributed by atoms with Gasteiger partial charge in [-0.05, 0) is 18.1 Å². The molecule has 23 heavy (non-hydrogen) atoms. The summed E-state index contributed by atoms with van der Waals surface area (Å²) >= 11 is 0. The number of carbonyl (C=O) groups is 1. The van der Waals surface area contributed by atoms with Gasteiger partial charge in [-0.15, -0.1) is 0 Å². The summed E-state index contributed by atoms with van der Waals surface area (Å²) in [6.45, 7) is 2.10. The molecule has 2 aromatic carbocycles. The second-order valence-electron chi connectivity index (χ2n) is 5.78. The zero-order chi connectivity index (χ0) is 16.2. The molecule has 120 valence electrons. The van der Waals surface area contributed by atoms with Gasteiger partial charge in [0.25, 0.3) is 5.91 Å². The van der Waals surface area contributed by atoms with Crippen molar-refractivity contribution in [3.8, 4) is 0 Å². The lowest BCUT2D eigenvalue weighted by molar-refractivity contribution is -0.166. The molecule has 0 unspecified atom stereocenters. The molecular weight excluding hydrogens is 290 g/mol. The minimum atomic E-state index is -0.522. The van der Waals surface area contributed by atoms with Crippen LogP contribution in [0.5, 0.6) is 0 Å². The van der Waals surface area contributed by atoms with Gasteiger partial charge in [0, 0.05) is 0 Å². The number of aliphatic hydroxyl groups excluding tert-OH is 1. The van der Waals surface area contributed by atoms with Crippen LogP contribution in [-0.2, 0) is 9.53 Å². The van der Waals surface area contributed by atoms with Crippen molar-refractivity contribution >= 4 is 5.91 Å². The third-order valence-corrected chi connectivity index (χ3v) is 4.27. The number of hydrogen-bond donors (Lipinski definition) is 1. The van der Waals surface area contributed by atoms with Gasteiger partial charge in [0.2, 0.25) is 0 Å². The normalized spacial score (nSPS) is 22.9. The highest BCUT2D eigenvalue weighted by molar-refractivity contribution is 5.81. The molecule has 2 aromatic rings. The van der Waals surface area contributed by atoms with Crippen LogP contribution in [0.3, 0.4) is 0 Å². The Labute approximate surface area is 136 Å². The number of carbonyl (C=O) groups excluding carboxylic acids is 1. The highest BCUT2D eigenvalue weighted by atomic mass is 16.5. The van der Waals surface area contributed by atoms with E-state index >= 15 is 0 Å². The lowest BCUT2D eigenvalue weighted by atomic mass is 10.0. The van der Waals surface area contributed by atoms with Crippen LogP contribution in [0.4, 0.5) is 0 Å². The van der Waals surface area contributed by atoms with E-state index in [9.17, 15) is 9.90 Å². The van der Waals surface area contributed by atoms with Crippen molar-refractivity contribution in [1.29, 1.82) is 0 Å². The first-order valence-corrected chi connectivity index (χ1v) is 7.87. The monoisotopic (exact) mass is 311 g/mol. The maximum atomic E-state index is 12.6. The molecule has 1 aliphatic heterocycles. The molecule has 0 radical (unpaired) electrons. The van der Waals surface area contributed by atoms with E-state index in [1.165, 1.54) is 0 Å². The molecule has 1 amide bonds. The van der Waals surface area contributed by atoms with Crippen molar-refractivity contribution in [2.75, 3.05) is 13.2 Å². The number of morpholine rings is 1. The fraction of sp³-hybridized carbons (Fsp3) is 0.316. The van der Waals surface area contributed by atoms with Crippen LogP contribution in [0.15, 0.2) is 60.7 Å². The van der Waals surface area contributed by atoms with E-state index in [0.717, 1.165) is 11.1 Å². The summed E-state index contributed by atoms with van der Waals surface area (Å²) in [4.78, 5) is 14.3. The molecule has 1 N–H and O–H groups in total. The average molecular weight is 311 g/mol. The summed E-state index contributed by atoms with van der Waals surface area (Å²) < 4.78 is 5.87. The molecule has 4 heteroatoms. The predicted molar refractivity (Wildman–Crippen MR) is 87.7 cm³/mol. The molecule has 1 heterocycles. The van der Waals surface area contributed by atoms with E-state index in [0.29, 0.717) is 6.54 Å². The average Bonchev–Trinajstić information content (AvgIpc) is 2.61. The molecule has 1 saturated heterocycles. The Bertz CT molecular complexity index is 644. The van der Waals surface area contributed by atoms with Crippen molar-refractivity contribution in [2.24, 2.45) is 0 Å². The summed E-state index contributed by atoms with van der Waals surface area (Å²) in [6.07, 6.45) is -0.701. The van der Waals surface area contributed by atoms with Gasteiger partial charge < -0.3 is 14.7 Å². The van der Waals surface area contributed by atoms with Crippen molar-refractivity contribution in [2.45, 2.75) is 25.2 Å². The Balaban J connectivity index is 1.88. The van der Waals surface area contributed by atoms with Crippen LogP contribution < -0.4 is 0 Å². The van der Waals surface area contributed by atoms with Crippen LogP contribution in [0, 0.1) is 0 Å². The van der Waals surface area contributed by atoms with E-state index in [4.69, 9.17) is 4.74 Å². The molecule has 0 bridgehead atoms. The van der Waals surface area contributed by atoms with Crippen LogP contribution in [-0.4, -0.2) is 35.2 Å². The Morgan fingerprint density at radius 1 is 1.13 bits per heavy atom. The minimum Gasteiger partial charge on any atom is -0.394 e. The van der Waals surface area contributed by atoms with E-state index in [-0.39, 0.29) is 24.7 Å². The number of ether oxygens (including phenoxy) is 1. The highest BCUT2D eigenvalue weighted by Crippen LogP contribution is 2.31. The van der Waals surface area contributed by atoms with Crippen LogP contribution in [0.2, 0.25) is 0 Å². The molecular formula is C19H21NO3. The number of rotatable bonds is 4. The fourth-order valence-corrected chi connectivity index (χ4v) is 3.04. The summed E-state index contributed by atoms with van der Waals surface area (Å²) in [7, 11) is 0. The smallest absolute Gasteiger partial charge is 0.252 e. The van der Waals surface area contributed by atoms with Gasteiger partial charge in [-0.1, -0.05) is 60.7 Å².